The lowest BCUT2D eigenvalue weighted by Gasteiger charge is -2.05. The molecule has 1 aromatic heterocycles. The first-order valence-electron chi connectivity index (χ1n) is 5.72. The number of carbonyl (C=O) groups is 1. The van der Waals surface area contributed by atoms with Crippen molar-refractivity contribution in [3.63, 3.8) is 0 Å². The van der Waals surface area contributed by atoms with Crippen LogP contribution in [0, 0.1) is 0 Å². The van der Waals surface area contributed by atoms with Gasteiger partial charge in [-0.2, -0.15) is 0 Å². The molecule has 0 radical (unpaired) electrons. The van der Waals surface area contributed by atoms with Crippen molar-refractivity contribution in [2.45, 2.75) is 0 Å². The fourth-order valence-corrected chi connectivity index (χ4v) is 1.61. The lowest BCUT2D eigenvalue weighted by atomic mass is 10.1. The van der Waals surface area contributed by atoms with Crippen LogP contribution in [-0.2, 0) is 0 Å². The minimum Gasteiger partial charge on any atom is -0.395 e. The molecule has 0 aliphatic carbocycles. The van der Waals surface area contributed by atoms with Crippen molar-refractivity contribution in [1.82, 2.24) is 10.3 Å². The predicted octanol–water partition coefficient (Wildman–Crippen LogP) is 1.47. The Morgan fingerprint density at radius 1 is 1.22 bits per heavy atom. The van der Waals surface area contributed by atoms with Crippen molar-refractivity contribution in [2.24, 2.45) is 0 Å². The second-order valence-corrected chi connectivity index (χ2v) is 3.78. The van der Waals surface area contributed by atoms with E-state index >= 15 is 0 Å². The smallest absolute Gasteiger partial charge is 0.251 e. The standard InChI is InChI=1S/C14H14N2O2/c17-9-8-16-14(18)12-6-7-15-13(10-12)11-4-2-1-3-5-11/h1-7,10,17H,8-9H2,(H,16,18). The Labute approximate surface area is 105 Å². The molecular weight excluding hydrogens is 228 g/mol. The molecule has 0 aliphatic rings. The third-order valence-corrected chi connectivity index (χ3v) is 2.49. The summed E-state index contributed by atoms with van der Waals surface area (Å²) >= 11 is 0. The Hall–Kier alpha value is -2.20. The minimum absolute atomic E-state index is 0.0671. The van der Waals surface area contributed by atoms with Crippen molar-refractivity contribution in [3.05, 3.63) is 54.2 Å². The highest BCUT2D eigenvalue weighted by atomic mass is 16.3. The van der Waals surface area contributed by atoms with Gasteiger partial charge in [-0.15, -0.1) is 0 Å². The zero-order chi connectivity index (χ0) is 12.8. The van der Waals surface area contributed by atoms with E-state index in [0.29, 0.717) is 5.56 Å². The van der Waals surface area contributed by atoms with Gasteiger partial charge < -0.3 is 10.4 Å². The highest BCUT2D eigenvalue weighted by Crippen LogP contribution is 2.16. The van der Waals surface area contributed by atoms with Gasteiger partial charge in [0, 0.05) is 23.9 Å². The topological polar surface area (TPSA) is 62.2 Å². The van der Waals surface area contributed by atoms with Gasteiger partial charge in [0.1, 0.15) is 0 Å². The number of aliphatic hydroxyl groups is 1. The highest BCUT2D eigenvalue weighted by molar-refractivity contribution is 5.95. The molecule has 4 heteroatoms. The van der Waals surface area contributed by atoms with Crippen LogP contribution in [0.2, 0.25) is 0 Å². The normalized spacial score (nSPS) is 10.1. The number of nitrogens with zero attached hydrogens (tertiary/aromatic N) is 1. The van der Waals surface area contributed by atoms with E-state index < -0.39 is 0 Å². The molecule has 0 spiro atoms. The van der Waals surface area contributed by atoms with Gasteiger partial charge in [0.2, 0.25) is 0 Å². The van der Waals surface area contributed by atoms with Crippen molar-refractivity contribution >= 4 is 5.91 Å². The molecule has 0 aliphatic heterocycles. The molecule has 2 aromatic rings. The summed E-state index contributed by atoms with van der Waals surface area (Å²) in [6.45, 7) is 0.185. The third kappa shape index (κ3) is 2.93. The molecule has 1 amide bonds. The van der Waals surface area contributed by atoms with Gasteiger partial charge >= 0.3 is 0 Å². The zero-order valence-corrected chi connectivity index (χ0v) is 9.84. The molecule has 4 nitrogen and oxygen atoms in total. The van der Waals surface area contributed by atoms with Gasteiger partial charge in [-0.25, -0.2) is 0 Å². The quantitative estimate of drug-likeness (QED) is 0.853. The lowest BCUT2D eigenvalue weighted by Crippen LogP contribution is -2.26. The summed E-state index contributed by atoms with van der Waals surface area (Å²) in [5, 5.41) is 11.3. The van der Waals surface area contributed by atoms with Gasteiger partial charge in [-0.1, -0.05) is 30.3 Å². The molecule has 1 aromatic carbocycles. The van der Waals surface area contributed by atoms with E-state index in [-0.39, 0.29) is 19.1 Å². The number of carbonyl (C=O) groups excluding carboxylic acids is 1. The van der Waals surface area contributed by atoms with E-state index in [1.165, 1.54) is 0 Å². The van der Waals surface area contributed by atoms with Crippen molar-refractivity contribution in [2.75, 3.05) is 13.2 Å². The number of rotatable bonds is 4. The number of nitrogens with one attached hydrogen (secondary N) is 1. The predicted molar refractivity (Wildman–Crippen MR) is 69.1 cm³/mol. The Balaban J connectivity index is 2.23. The van der Waals surface area contributed by atoms with Crippen molar-refractivity contribution in [1.29, 1.82) is 0 Å². The summed E-state index contributed by atoms with van der Waals surface area (Å²) in [5.74, 6) is -0.205. The van der Waals surface area contributed by atoms with E-state index in [2.05, 4.69) is 10.3 Å². The monoisotopic (exact) mass is 242 g/mol. The Morgan fingerprint density at radius 2 is 2.00 bits per heavy atom. The van der Waals surface area contributed by atoms with Gasteiger partial charge in [-0.3, -0.25) is 9.78 Å². The van der Waals surface area contributed by atoms with Crippen LogP contribution < -0.4 is 5.32 Å². The van der Waals surface area contributed by atoms with Gasteiger partial charge in [0.05, 0.1) is 12.3 Å². The van der Waals surface area contributed by atoms with Crippen LogP contribution in [0.3, 0.4) is 0 Å². The number of amides is 1. The van der Waals surface area contributed by atoms with Gasteiger partial charge in [0.15, 0.2) is 0 Å². The molecule has 0 saturated carbocycles. The fourth-order valence-electron chi connectivity index (χ4n) is 1.61. The zero-order valence-electron chi connectivity index (χ0n) is 9.84. The Morgan fingerprint density at radius 3 is 2.72 bits per heavy atom. The molecule has 2 N–H and O–H groups in total. The Kier molecular flexibility index (Phi) is 4.04. The number of hydrogen-bond donors (Lipinski definition) is 2. The second-order valence-electron chi connectivity index (χ2n) is 3.78. The van der Waals surface area contributed by atoms with Crippen LogP contribution in [0.1, 0.15) is 10.4 Å². The number of aromatic nitrogens is 1. The second kappa shape index (κ2) is 5.93. The first-order chi connectivity index (χ1) is 8.81. The van der Waals surface area contributed by atoms with E-state index in [4.69, 9.17) is 5.11 Å². The first-order valence-corrected chi connectivity index (χ1v) is 5.72. The van der Waals surface area contributed by atoms with E-state index in [0.717, 1.165) is 11.3 Å². The molecule has 1 heterocycles. The maximum atomic E-state index is 11.7. The fraction of sp³-hybridized carbons (Fsp3) is 0.143. The molecule has 92 valence electrons. The number of pyridine rings is 1. The average molecular weight is 242 g/mol. The molecule has 0 saturated heterocycles. The summed E-state index contributed by atoms with van der Waals surface area (Å²) in [5.41, 5.74) is 2.26. The summed E-state index contributed by atoms with van der Waals surface area (Å²) in [4.78, 5) is 16.0. The van der Waals surface area contributed by atoms with Crippen LogP contribution in [0.25, 0.3) is 11.3 Å². The van der Waals surface area contributed by atoms with Crippen LogP contribution in [0.15, 0.2) is 48.7 Å². The van der Waals surface area contributed by atoms with Crippen LogP contribution in [-0.4, -0.2) is 29.1 Å². The van der Waals surface area contributed by atoms with E-state index in [1.807, 2.05) is 30.3 Å². The maximum absolute atomic E-state index is 11.7. The third-order valence-electron chi connectivity index (χ3n) is 2.49. The SMILES string of the molecule is O=C(NCCO)c1ccnc(-c2ccccc2)c1. The molecule has 0 unspecified atom stereocenters. The highest BCUT2D eigenvalue weighted by Gasteiger charge is 2.06. The first kappa shape index (κ1) is 12.3. The van der Waals surface area contributed by atoms with Gasteiger partial charge in [-0.05, 0) is 12.1 Å². The largest absolute Gasteiger partial charge is 0.395 e. The number of hydrogen-bond acceptors (Lipinski definition) is 3. The summed E-state index contributed by atoms with van der Waals surface area (Å²) < 4.78 is 0. The minimum atomic E-state index is -0.205. The maximum Gasteiger partial charge on any atom is 0.251 e. The van der Waals surface area contributed by atoms with Crippen molar-refractivity contribution < 1.29 is 9.90 Å². The summed E-state index contributed by atoms with van der Waals surface area (Å²) in [7, 11) is 0. The lowest BCUT2D eigenvalue weighted by molar-refractivity contribution is 0.0944. The average Bonchev–Trinajstić information content (AvgIpc) is 2.46. The summed E-state index contributed by atoms with van der Waals surface area (Å²) in [6, 6.07) is 13.1. The molecule has 0 atom stereocenters. The number of aliphatic hydroxyl groups excluding tert-OH is 1. The van der Waals surface area contributed by atoms with Crippen LogP contribution in [0.4, 0.5) is 0 Å². The Bertz CT molecular complexity index is 526. The molecule has 2 rings (SSSR count). The van der Waals surface area contributed by atoms with Crippen molar-refractivity contribution in [3.8, 4) is 11.3 Å². The van der Waals surface area contributed by atoms with Crippen LogP contribution in [0.5, 0.6) is 0 Å². The van der Waals surface area contributed by atoms with Gasteiger partial charge in [0.25, 0.3) is 5.91 Å². The van der Waals surface area contributed by atoms with Crippen LogP contribution >= 0.6 is 0 Å². The molecule has 18 heavy (non-hydrogen) atoms. The number of benzene rings is 1. The van der Waals surface area contributed by atoms with E-state index in [1.54, 1.807) is 18.3 Å². The summed E-state index contributed by atoms with van der Waals surface area (Å²) in [6.07, 6.45) is 1.61. The van der Waals surface area contributed by atoms with E-state index in [9.17, 15) is 4.79 Å². The molecular formula is C14H14N2O2. The molecule has 0 bridgehead atoms. The molecule has 0 fully saturated rings.